The molecule has 4 heterocycles. The van der Waals surface area contributed by atoms with Gasteiger partial charge in [0.1, 0.15) is 17.0 Å². The van der Waals surface area contributed by atoms with Crippen LogP contribution in [0, 0.1) is 0 Å². The lowest BCUT2D eigenvalue weighted by Gasteiger charge is -2.20. The number of thiophene rings is 1. The van der Waals surface area contributed by atoms with Gasteiger partial charge in [-0.1, -0.05) is 115 Å². The van der Waals surface area contributed by atoms with Crippen molar-refractivity contribution >= 4 is 86.8 Å². The number of aromatic nitrogens is 1. The molecule has 0 aliphatic carbocycles. The molecular formula is C54H37N3OS. The van der Waals surface area contributed by atoms with Crippen LogP contribution in [0.5, 0.6) is 0 Å². The summed E-state index contributed by atoms with van der Waals surface area (Å²) in [5.74, 6) is 0.876. The fourth-order valence-corrected chi connectivity index (χ4v) is 10.4. The van der Waals surface area contributed by atoms with Gasteiger partial charge in [-0.15, -0.1) is 11.3 Å². The zero-order valence-electron chi connectivity index (χ0n) is 32.3. The molecule has 0 bridgehead atoms. The third-order valence-electron chi connectivity index (χ3n) is 12.1. The Morgan fingerprint density at radius 1 is 0.559 bits per heavy atom. The van der Waals surface area contributed by atoms with Gasteiger partial charge in [0.2, 0.25) is 0 Å². The molecule has 0 amide bonds. The lowest BCUT2D eigenvalue weighted by molar-refractivity contribution is 0.646. The van der Waals surface area contributed by atoms with Crippen LogP contribution in [0.4, 0.5) is 0 Å². The van der Waals surface area contributed by atoms with E-state index in [0.29, 0.717) is 0 Å². The van der Waals surface area contributed by atoms with E-state index in [9.17, 15) is 0 Å². The van der Waals surface area contributed by atoms with Crippen LogP contribution >= 0.6 is 11.3 Å². The Morgan fingerprint density at radius 3 is 2.12 bits per heavy atom. The monoisotopic (exact) mass is 775 g/mol. The van der Waals surface area contributed by atoms with Gasteiger partial charge in [0.25, 0.3) is 0 Å². The summed E-state index contributed by atoms with van der Waals surface area (Å²) in [5, 5.41) is 11.2. The van der Waals surface area contributed by atoms with E-state index >= 15 is 0 Å². The third kappa shape index (κ3) is 5.54. The van der Waals surface area contributed by atoms with Gasteiger partial charge in [0.15, 0.2) is 0 Å². The highest BCUT2D eigenvalue weighted by Crippen LogP contribution is 2.42. The van der Waals surface area contributed by atoms with Crippen molar-refractivity contribution in [3.8, 4) is 16.8 Å². The molecule has 0 radical (unpaired) electrons. The second-order valence-corrected chi connectivity index (χ2v) is 16.7. The molecule has 1 unspecified atom stereocenters. The molecule has 0 saturated heterocycles. The standard InChI is InChI=1S/C54H37N3OS/c1-33-29-45(34-13-4-2-5-14-34)55-54(56-53(33)37-23-26-41-40-18-9-11-21-48(40)58-49(41)32-37)42-19-12-22-51-52(42)44-31-36(25-28-50(44)59-51)35-24-27-47-43(30-35)39-17-8-10-20-46(39)57(47)38-15-6-3-7-16-38/h2-28,30-32,45H,29H2,1H3,(H,55,56). The topological polar surface area (TPSA) is 42.5 Å². The third-order valence-corrected chi connectivity index (χ3v) is 13.2. The molecule has 3 aromatic heterocycles. The van der Waals surface area contributed by atoms with Gasteiger partial charge < -0.3 is 14.3 Å². The first-order chi connectivity index (χ1) is 29.1. The van der Waals surface area contributed by atoms with E-state index in [2.05, 4.69) is 187 Å². The van der Waals surface area contributed by atoms with Crippen LogP contribution in [-0.2, 0) is 0 Å². The minimum Gasteiger partial charge on any atom is -0.456 e. The zero-order chi connectivity index (χ0) is 39.0. The predicted octanol–water partition coefficient (Wildman–Crippen LogP) is 14.6. The summed E-state index contributed by atoms with van der Waals surface area (Å²) in [5.41, 5.74) is 13.3. The van der Waals surface area contributed by atoms with Crippen LogP contribution < -0.4 is 5.32 Å². The molecule has 0 spiro atoms. The van der Waals surface area contributed by atoms with Gasteiger partial charge >= 0.3 is 0 Å². The molecule has 280 valence electrons. The Labute approximate surface area is 345 Å². The molecule has 1 aliphatic heterocycles. The average molecular weight is 776 g/mol. The highest BCUT2D eigenvalue weighted by atomic mass is 32.1. The van der Waals surface area contributed by atoms with Crippen molar-refractivity contribution in [3.63, 3.8) is 0 Å². The first-order valence-corrected chi connectivity index (χ1v) is 21.0. The van der Waals surface area contributed by atoms with E-state index < -0.39 is 0 Å². The highest BCUT2D eigenvalue weighted by molar-refractivity contribution is 7.25. The summed E-state index contributed by atoms with van der Waals surface area (Å²) in [6.45, 7) is 2.23. The summed E-state index contributed by atoms with van der Waals surface area (Å²) in [6.07, 6.45) is 0.818. The Balaban J connectivity index is 1.02. The second kappa shape index (κ2) is 13.4. The molecule has 1 atom stereocenters. The normalized spacial score (nSPS) is 14.8. The fraction of sp³-hybridized carbons (Fsp3) is 0.0556. The minimum absolute atomic E-state index is 0.0443. The molecule has 4 nitrogen and oxygen atoms in total. The van der Waals surface area contributed by atoms with Crippen molar-refractivity contribution in [1.29, 1.82) is 0 Å². The van der Waals surface area contributed by atoms with E-state index in [1.54, 1.807) is 0 Å². The predicted molar refractivity (Wildman–Crippen MR) is 249 cm³/mol. The van der Waals surface area contributed by atoms with E-state index in [4.69, 9.17) is 9.41 Å². The number of aliphatic imine (C=N–C) groups is 1. The smallest absolute Gasteiger partial charge is 0.136 e. The maximum absolute atomic E-state index is 6.38. The first kappa shape index (κ1) is 33.9. The molecule has 0 saturated carbocycles. The number of para-hydroxylation sites is 3. The molecule has 1 aliphatic rings. The van der Waals surface area contributed by atoms with Crippen molar-refractivity contribution in [1.82, 2.24) is 9.88 Å². The van der Waals surface area contributed by atoms with Crippen molar-refractivity contribution in [2.75, 3.05) is 0 Å². The lowest BCUT2D eigenvalue weighted by atomic mass is 9.96. The quantitative estimate of drug-likeness (QED) is 0.189. The number of nitrogens with zero attached hydrogens (tertiary/aromatic N) is 2. The van der Waals surface area contributed by atoms with Crippen LogP contribution in [0.25, 0.3) is 86.4 Å². The number of rotatable bonds is 5. The second-order valence-electron chi connectivity index (χ2n) is 15.6. The molecule has 11 aromatic rings. The fourth-order valence-electron chi connectivity index (χ4n) is 9.28. The van der Waals surface area contributed by atoms with Crippen molar-refractivity contribution in [3.05, 3.63) is 204 Å². The van der Waals surface area contributed by atoms with Gasteiger partial charge in [-0.25, -0.2) is 4.99 Å². The highest BCUT2D eigenvalue weighted by Gasteiger charge is 2.25. The number of fused-ring (bicyclic) bond motifs is 9. The number of benzene rings is 8. The largest absolute Gasteiger partial charge is 0.456 e. The van der Waals surface area contributed by atoms with E-state index in [-0.39, 0.29) is 6.04 Å². The van der Waals surface area contributed by atoms with Gasteiger partial charge in [0.05, 0.1) is 22.8 Å². The van der Waals surface area contributed by atoms with Crippen molar-refractivity contribution in [2.24, 2.45) is 4.99 Å². The Morgan fingerprint density at radius 2 is 1.25 bits per heavy atom. The molecule has 8 aromatic carbocycles. The molecule has 12 rings (SSSR count). The van der Waals surface area contributed by atoms with Crippen molar-refractivity contribution in [2.45, 2.75) is 19.4 Å². The molecule has 0 fully saturated rings. The summed E-state index contributed by atoms with van der Waals surface area (Å²) < 4.78 is 11.2. The van der Waals surface area contributed by atoms with Crippen LogP contribution in [-0.4, -0.2) is 10.4 Å². The Kier molecular flexibility index (Phi) is 7.72. The molecular weight excluding hydrogens is 739 g/mol. The lowest BCUT2D eigenvalue weighted by Crippen LogP contribution is -2.28. The average Bonchev–Trinajstić information content (AvgIpc) is 3.92. The maximum atomic E-state index is 6.38. The van der Waals surface area contributed by atoms with Gasteiger partial charge in [-0.2, -0.15) is 0 Å². The number of furan rings is 1. The number of amidine groups is 1. The van der Waals surface area contributed by atoms with Crippen LogP contribution in [0.15, 0.2) is 197 Å². The number of hydrogen-bond acceptors (Lipinski definition) is 4. The zero-order valence-corrected chi connectivity index (χ0v) is 33.1. The van der Waals surface area contributed by atoms with E-state index in [1.807, 2.05) is 23.5 Å². The first-order valence-electron chi connectivity index (χ1n) is 20.2. The SMILES string of the molecule is CC1=C(c2ccc3c(c2)oc2ccccc23)N=C(c2cccc3sc4ccc(-c5ccc6c(c5)c5ccccc5n6-c5ccccc5)cc4c23)NC(c2ccccc2)C1. The van der Waals surface area contributed by atoms with E-state index in [1.165, 1.54) is 64.2 Å². The Bertz CT molecular complexity index is 3510. The van der Waals surface area contributed by atoms with E-state index in [0.717, 1.165) is 56.7 Å². The number of hydrogen-bond donors (Lipinski definition) is 1. The summed E-state index contributed by atoms with van der Waals surface area (Å²) >= 11 is 1.84. The van der Waals surface area contributed by atoms with Gasteiger partial charge in [-0.3, -0.25) is 0 Å². The van der Waals surface area contributed by atoms with Gasteiger partial charge in [-0.05, 0) is 102 Å². The maximum Gasteiger partial charge on any atom is 0.136 e. The number of nitrogens with one attached hydrogen (secondary N) is 1. The minimum atomic E-state index is 0.0443. The molecule has 5 heteroatoms. The summed E-state index contributed by atoms with van der Waals surface area (Å²) in [7, 11) is 0. The van der Waals surface area contributed by atoms with Crippen LogP contribution in [0.3, 0.4) is 0 Å². The van der Waals surface area contributed by atoms with Crippen molar-refractivity contribution < 1.29 is 4.42 Å². The molecule has 59 heavy (non-hydrogen) atoms. The van der Waals surface area contributed by atoms with Crippen LogP contribution in [0.2, 0.25) is 0 Å². The summed E-state index contributed by atoms with van der Waals surface area (Å²) in [6, 6.07) is 65.6. The molecule has 1 N–H and O–H groups in total. The van der Waals surface area contributed by atoms with Crippen LogP contribution in [0.1, 0.15) is 36.1 Å². The summed E-state index contributed by atoms with van der Waals surface area (Å²) in [4.78, 5) is 5.59. The Hall–Kier alpha value is -7.21. The van der Waals surface area contributed by atoms with Gasteiger partial charge in [0, 0.05) is 58.5 Å².